The standard InChI is InChI=1S/C26H28N6O2S/c1-18-12-14-19(15-13-18)23(25(34)27-26(2,3)4)32(20-9-6-5-7-10-20)22(33)17-31-29-24(28-30-31)21-11-8-16-35-21/h5-16,23H,17H2,1-4H3,(H,27,34)/t23-/m0/s1. The Morgan fingerprint density at radius 3 is 2.37 bits per heavy atom. The molecule has 0 saturated heterocycles. The van der Waals surface area contributed by atoms with Crippen molar-refractivity contribution >= 4 is 28.8 Å². The van der Waals surface area contributed by atoms with Crippen LogP contribution in [-0.4, -0.2) is 37.6 Å². The maximum absolute atomic E-state index is 13.8. The van der Waals surface area contributed by atoms with E-state index in [0.29, 0.717) is 17.1 Å². The summed E-state index contributed by atoms with van der Waals surface area (Å²) in [4.78, 5) is 31.0. The Hall–Kier alpha value is -3.85. The molecule has 0 aliphatic heterocycles. The summed E-state index contributed by atoms with van der Waals surface area (Å²) in [6.45, 7) is 7.56. The first-order valence-electron chi connectivity index (χ1n) is 11.3. The van der Waals surface area contributed by atoms with Crippen LogP contribution < -0.4 is 10.2 Å². The molecular formula is C26H28N6O2S. The summed E-state index contributed by atoms with van der Waals surface area (Å²) in [6, 6.07) is 19.7. The van der Waals surface area contributed by atoms with Crippen LogP contribution in [0.4, 0.5) is 5.69 Å². The number of nitrogens with one attached hydrogen (secondary N) is 1. The number of thiophene rings is 1. The molecular weight excluding hydrogens is 460 g/mol. The number of benzene rings is 2. The van der Waals surface area contributed by atoms with Gasteiger partial charge in [-0.1, -0.05) is 54.1 Å². The molecule has 0 spiro atoms. The van der Waals surface area contributed by atoms with E-state index in [4.69, 9.17) is 0 Å². The van der Waals surface area contributed by atoms with Crippen LogP contribution in [0.15, 0.2) is 72.1 Å². The number of nitrogens with zero attached hydrogens (tertiary/aromatic N) is 5. The first kappa shape index (κ1) is 24.3. The molecule has 4 aromatic rings. The van der Waals surface area contributed by atoms with Crippen molar-refractivity contribution in [2.45, 2.75) is 45.8 Å². The van der Waals surface area contributed by atoms with Gasteiger partial charge in [-0.05, 0) is 62.1 Å². The zero-order chi connectivity index (χ0) is 25.0. The summed E-state index contributed by atoms with van der Waals surface area (Å²) in [5.74, 6) is -0.148. The SMILES string of the molecule is Cc1ccc([C@@H](C(=O)NC(C)(C)C)N(C(=O)Cn2nnc(-c3cccs3)n2)c2ccccc2)cc1. The molecule has 0 aliphatic carbocycles. The van der Waals surface area contributed by atoms with Crippen molar-refractivity contribution in [3.63, 3.8) is 0 Å². The highest BCUT2D eigenvalue weighted by atomic mass is 32.1. The van der Waals surface area contributed by atoms with Crippen molar-refractivity contribution < 1.29 is 9.59 Å². The molecule has 0 saturated carbocycles. The zero-order valence-corrected chi connectivity index (χ0v) is 21.0. The smallest absolute Gasteiger partial charge is 0.251 e. The van der Waals surface area contributed by atoms with Gasteiger partial charge < -0.3 is 5.32 Å². The van der Waals surface area contributed by atoms with Gasteiger partial charge in [0.2, 0.25) is 11.7 Å². The van der Waals surface area contributed by atoms with Gasteiger partial charge in [0.1, 0.15) is 12.6 Å². The van der Waals surface area contributed by atoms with Crippen molar-refractivity contribution in [1.29, 1.82) is 0 Å². The maximum Gasteiger partial charge on any atom is 0.251 e. The van der Waals surface area contributed by atoms with Crippen LogP contribution in [0.3, 0.4) is 0 Å². The Labute approximate surface area is 208 Å². The minimum absolute atomic E-state index is 0.168. The van der Waals surface area contributed by atoms with E-state index in [1.54, 1.807) is 0 Å². The molecule has 9 heteroatoms. The molecule has 180 valence electrons. The molecule has 0 unspecified atom stereocenters. The van der Waals surface area contributed by atoms with Crippen LogP contribution in [0.5, 0.6) is 0 Å². The lowest BCUT2D eigenvalue weighted by molar-refractivity contribution is -0.128. The highest BCUT2D eigenvalue weighted by molar-refractivity contribution is 7.13. The van der Waals surface area contributed by atoms with E-state index in [0.717, 1.165) is 10.4 Å². The third-order valence-corrected chi connectivity index (χ3v) is 6.04. The van der Waals surface area contributed by atoms with Gasteiger partial charge in [-0.2, -0.15) is 4.80 Å². The van der Waals surface area contributed by atoms with Crippen LogP contribution in [0.25, 0.3) is 10.7 Å². The van der Waals surface area contributed by atoms with Gasteiger partial charge in [-0.3, -0.25) is 14.5 Å². The Bertz CT molecular complexity index is 1280. The first-order valence-corrected chi connectivity index (χ1v) is 12.2. The fourth-order valence-electron chi connectivity index (χ4n) is 3.64. The van der Waals surface area contributed by atoms with Gasteiger partial charge in [0.15, 0.2) is 0 Å². The van der Waals surface area contributed by atoms with Gasteiger partial charge in [0.25, 0.3) is 5.91 Å². The number of anilines is 1. The van der Waals surface area contributed by atoms with Gasteiger partial charge in [0.05, 0.1) is 4.88 Å². The van der Waals surface area contributed by atoms with Crippen molar-refractivity contribution in [2.24, 2.45) is 0 Å². The molecule has 0 aliphatic rings. The van der Waals surface area contributed by atoms with E-state index in [9.17, 15) is 9.59 Å². The largest absolute Gasteiger partial charge is 0.349 e. The average molecular weight is 489 g/mol. The first-order chi connectivity index (χ1) is 16.7. The number of para-hydroxylation sites is 1. The average Bonchev–Trinajstić information content (AvgIpc) is 3.49. The summed E-state index contributed by atoms with van der Waals surface area (Å²) in [5.41, 5.74) is 1.90. The quantitative estimate of drug-likeness (QED) is 0.416. The molecule has 8 nitrogen and oxygen atoms in total. The Morgan fingerprint density at radius 2 is 1.74 bits per heavy atom. The second kappa shape index (κ2) is 10.2. The predicted molar refractivity (Wildman–Crippen MR) is 137 cm³/mol. The van der Waals surface area contributed by atoms with Crippen molar-refractivity contribution in [2.75, 3.05) is 4.90 Å². The van der Waals surface area contributed by atoms with Gasteiger partial charge >= 0.3 is 0 Å². The van der Waals surface area contributed by atoms with E-state index in [1.807, 2.05) is 99.8 Å². The number of rotatable bonds is 7. The zero-order valence-electron chi connectivity index (χ0n) is 20.2. The number of carbonyl (C=O) groups is 2. The minimum atomic E-state index is -0.884. The number of tetrazole rings is 1. The number of aryl methyl sites for hydroxylation is 1. The normalized spacial score (nSPS) is 12.2. The van der Waals surface area contributed by atoms with E-state index >= 15 is 0 Å². The second-order valence-electron chi connectivity index (χ2n) is 9.27. The molecule has 2 heterocycles. The molecule has 2 amide bonds. The lowest BCUT2D eigenvalue weighted by atomic mass is 9.99. The fourth-order valence-corrected chi connectivity index (χ4v) is 4.29. The highest BCUT2D eigenvalue weighted by Gasteiger charge is 2.34. The van der Waals surface area contributed by atoms with Gasteiger partial charge in [-0.25, -0.2) is 0 Å². The number of hydrogen-bond acceptors (Lipinski definition) is 6. The number of carbonyl (C=O) groups excluding carboxylic acids is 2. The van der Waals surface area contributed by atoms with Crippen LogP contribution in [0, 0.1) is 6.92 Å². The Kier molecular flexibility index (Phi) is 7.07. The molecule has 0 radical (unpaired) electrons. The highest BCUT2D eigenvalue weighted by Crippen LogP contribution is 2.29. The third kappa shape index (κ3) is 5.99. The van der Waals surface area contributed by atoms with Gasteiger partial charge in [0, 0.05) is 11.2 Å². The summed E-state index contributed by atoms with van der Waals surface area (Å²) in [5, 5.41) is 17.5. The number of aromatic nitrogens is 4. The van der Waals surface area contributed by atoms with Crippen molar-refractivity contribution in [3.8, 4) is 10.7 Å². The molecule has 35 heavy (non-hydrogen) atoms. The lowest BCUT2D eigenvalue weighted by Crippen LogP contribution is -2.50. The molecule has 1 N–H and O–H groups in total. The minimum Gasteiger partial charge on any atom is -0.349 e. The summed E-state index contributed by atoms with van der Waals surface area (Å²) < 4.78 is 0. The third-order valence-electron chi connectivity index (χ3n) is 5.17. The number of hydrogen-bond donors (Lipinski definition) is 1. The summed E-state index contributed by atoms with van der Waals surface area (Å²) in [7, 11) is 0. The van der Waals surface area contributed by atoms with Crippen molar-refractivity contribution in [1.82, 2.24) is 25.5 Å². The molecule has 2 aromatic heterocycles. The second-order valence-corrected chi connectivity index (χ2v) is 10.2. The maximum atomic E-state index is 13.8. The predicted octanol–water partition coefficient (Wildman–Crippen LogP) is 4.40. The summed E-state index contributed by atoms with van der Waals surface area (Å²) in [6.07, 6.45) is 0. The molecule has 1 atom stereocenters. The monoisotopic (exact) mass is 488 g/mol. The molecule has 0 bridgehead atoms. The topological polar surface area (TPSA) is 93.0 Å². The Balaban J connectivity index is 1.73. The molecule has 4 rings (SSSR count). The van der Waals surface area contributed by atoms with E-state index in [1.165, 1.54) is 21.0 Å². The number of amides is 2. The van der Waals surface area contributed by atoms with Crippen LogP contribution >= 0.6 is 11.3 Å². The fraction of sp³-hybridized carbons (Fsp3) is 0.269. The van der Waals surface area contributed by atoms with Crippen molar-refractivity contribution in [3.05, 3.63) is 83.2 Å². The van der Waals surface area contributed by atoms with Crippen LogP contribution in [0.2, 0.25) is 0 Å². The van der Waals surface area contributed by atoms with E-state index in [2.05, 4.69) is 20.7 Å². The lowest BCUT2D eigenvalue weighted by Gasteiger charge is -2.33. The van der Waals surface area contributed by atoms with Crippen LogP contribution in [-0.2, 0) is 16.1 Å². The van der Waals surface area contributed by atoms with Crippen LogP contribution in [0.1, 0.15) is 37.9 Å². The van der Waals surface area contributed by atoms with E-state index in [-0.39, 0.29) is 18.4 Å². The Morgan fingerprint density at radius 1 is 1.03 bits per heavy atom. The summed E-state index contributed by atoms with van der Waals surface area (Å²) >= 11 is 1.50. The molecule has 2 aromatic carbocycles. The van der Waals surface area contributed by atoms with E-state index < -0.39 is 11.6 Å². The molecule has 0 fully saturated rings. The van der Waals surface area contributed by atoms with Gasteiger partial charge in [-0.15, -0.1) is 21.5 Å².